The van der Waals surface area contributed by atoms with E-state index in [2.05, 4.69) is 5.32 Å². The normalized spacial score (nSPS) is 18.2. The third-order valence-electron chi connectivity index (χ3n) is 3.51. The number of aliphatic hydroxyl groups is 1. The van der Waals surface area contributed by atoms with Gasteiger partial charge < -0.3 is 19.7 Å². The molecule has 0 spiro atoms. The second kappa shape index (κ2) is 7.09. The van der Waals surface area contributed by atoms with Gasteiger partial charge in [0.15, 0.2) is 5.76 Å². The van der Waals surface area contributed by atoms with Gasteiger partial charge in [-0.3, -0.25) is 9.59 Å². The molecule has 2 N–H and O–H groups in total. The summed E-state index contributed by atoms with van der Waals surface area (Å²) in [6.45, 7) is 1.19. The monoisotopic (exact) mass is 280 g/mol. The van der Waals surface area contributed by atoms with Gasteiger partial charge in [0.1, 0.15) is 0 Å². The molecule has 0 radical (unpaired) electrons. The van der Waals surface area contributed by atoms with E-state index < -0.39 is 0 Å². The van der Waals surface area contributed by atoms with E-state index in [1.54, 1.807) is 17.0 Å². The van der Waals surface area contributed by atoms with E-state index in [9.17, 15) is 14.7 Å². The third kappa shape index (κ3) is 3.60. The average Bonchev–Trinajstić information content (AvgIpc) is 3.12. The number of hydrogen-bond donors (Lipinski definition) is 2. The van der Waals surface area contributed by atoms with Crippen LogP contribution in [0.4, 0.5) is 0 Å². The maximum Gasteiger partial charge on any atom is 0.286 e. The van der Waals surface area contributed by atoms with Crippen LogP contribution in [0.15, 0.2) is 22.8 Å². The fraction of sp³-hybridized carbons (Fsp3) is 0.571. The Morgan fingerprint density at radius 3 is 3.05 bits per heavy atom. The first-order valence-electron chi connectivity index (χ1n) is 6.94. The molecule has 1 atom stereocenters. The summed E-state index contributed by atoms with van der Waals surface area (Å²) in [6, 6.07) is 3.22. The molecular formula is C14H20N2O4. The molecule has 0 aliphatic carbocycles. The number of hydrogen-bond acceptors (Lipinski definition) is 4. The second-order valence-electron chi connectivity index (χ2n) is 4.90. The minimum atomic E-state index is -0.267. The molecule has 2 rings (SSSR count). The van der Waals surface area contributed by atoms with Crippen LogP contribution in [0.5, 0.6) is 0 Å². The van der Waals surface area contributed by atoms with E-state index in [0.717, 1.165) is 19.4 Å². The van der Waals surface area contributed by atoms with Gasteiger partial charge in [0.25, 0.3) is 5.91 Å². The van der Waals surface area contributed by atoms with Gasteiger partial charge in [-0.15, -0.1) is 0 Å². The molecule has 1 saturated heterocycles. The van der Waals surface area contributed by atoms with Crippen molar-refractivity contribution in [1.29, 1.82) is 0 Å². The van der Waals surface area contributed by atoms with E-state index in [4.69, 9.17) is 4.42 Å². The number of carbonyl (C=O) groups is 2. The van der Waals surface area contributed by atoms with E-state index >= 15 is 0 Å². The minimum absolute atomic E-state index is 0.0276. The molecule has 1 aliphatic rings. The summed E-state index contributed by atoms with van der Waals surface area (Å²) in [6.07, 6.45) is 4.24. The van der Waals surface area contributed by atoms with Gasteiger partial charge >= 0.3 is 0 Å². The van der Waals surface area contributed by atoms with Crippen LogP contribution in [0.25, 0.3) is 0 Å². The van der Waals surface area contributed by atoms with Crippen molar-refractivity contribution < 1.29 is 19.1 Å². The van der Waals surface area contributed by atoms with Gasteiger partial charge in [-0.25, -0.2) is 0 Å². The molecule has 1 aromatic rings. The molecule has 2 amide bonds. The lowest BCUT2D eigenvalue weighted by molar-refractivity contribution is -0.132. The first-order chi connectivity index (χ1) is 9.72. The molecule has 1 fully saturated rings. The summed E-state index contributed by atoms with van der Waals surface area (Å²) in [5.41, 5.74) is 0. The molecule has 0 aromatic carbocycles. The zero-order chi connectivity index (χ0) is 14.4. The van der Waals surface area contributed by atoms with Crippen LogP contribution < -0.4 is 5.32 Å². The standard InChI is InChI=1S/C14H20N2O4/c17-10-11-4-2-8-16(11)13(18)6-1-7-15-14(19)12-5-3-9-20-12/h3,5,9,11,17H,1-2,4,6-8,10H2,(H,15,19)/t11-/m0/s1. The van der Waals surface area contributed by atoms with Crippen molar-refractivity contribution in [3.05, 3.63) is 24.2 Å². The van der Waals surface area contributed by atoms with Gasteiger partial charge in [0.2, 0.25) is 5.91 Å². The van der Waals surface area contributed by atoms with Crippen molar-refractivity contribution in [2.24, 2.45) is 0 Å². The number of carbonyl (C=O) groups excluding carboxylic acids is 2. The van der Waals surface area contributed by atoms with Gasteiger partial charge in [0, 0.05) is 19.5 Å². The molecule has 110 valence electrons. The predicted octanol–water partition coefficient (Wildman–Crippen LogP) is 0.773. The van der Waals surface area contributed by atoms with Crippen molar-refractivity contribution in [2.45, 2.75) is 31.7 Å². The van der Waals surface area contributed by atoms with E-state index in [0.29, 0.717) is 19.4 Å². The predicted molar refractivity (Wildman–Crippen MR) is 72.1 cm³/mol. The van der Waals surface area contributed by atoms with Gasteiger partial charge in [-0.2, -0.15) is 0 Å². The molecule has 0 unspecified atom stereocenters. The Balaban J connectivity index is 1.66. The summed E-state index contributed by atoms with van der Waals surface area (Å²) >= 11 is 0. The van der Waals surface area contributed by atoms with Crippen molar-refractivity contribution >= 4 is 11.8 Å². The highest BCUT2D eigenvalue weighted by Gasteiger charge is 2.27. The number of aliphatic hydroxyl groups excluding tert-OH is 1. The quantitative estimate of drug-likeness (QED) is 0.754. The molecule has 1 aromatic heterocycles. The highest BCUT2D eigenvalue weighted by molar-refractivity contribution is 5.91. The van der Waals surface area contributed by atoms with Crippen LogP contribution >= 0.6 is 0 Å². The van der Waals surface area contributed by atoms with Crippen LogP contribution in [0.3, 0.4) is 0 Å². The summed E-state index contributed by atoms with van der Waals surface area (Å²) in [5.74, 6) is 0.0573. The zero-order valence-corrected chi connectivity index (χ0v) is 11.4. The first-order valence-corrected chi connectivity index (χ1v) is 6.94. The van der Waals surface area contributed by atoms with Crippen LogP contribution in [0, 0.1) is 0 Å². The summed E-state index contributed by atoms with van der Waals surface area (Å²) in [4.78, 5) is 25.3. The summed E-state index contributed by atoms with van der Waals surface area (Å²) in [5, 5.41) is 11.9. The van der Waals surface area contributed by atoms with Crippen molar-refractivity contribution in [3.8, 4) is 0 Å². The maximum absolute atomic E-state index is 12.0. The topological polar surface area (TPSA) is 82.8 Å². The van der Waals surface area contributed by atoms with E-state index in [1.165, 1.54) is 6.26 Å². The Labute approximate surface area is 117 Å². The molecular weight excluding hydrogens is 260 g/mol. The lowest BCUT2D eigenvalue weighted by Crippen LogP contribution is -2.37. The lowest BCUT2D eigenvalue weighted by atomic mass is 10.2. The van der Waals surface area contributed by atoms with Crippen molar-refractivity contribution in [2.75, 3.05) is 19.7 Å². The Morgan fingerprint density at radius 2 is 2.35 bits per heavy atom. The molecule has 1 aliphatic heterocycles. The Bertz CT molecular complexity index is 444. The van der Waals surface area contributed by atoms with Gasteiger partial charge in [-0.1, -0.05) is 0 Å². The Kier molecular flexibility index (Phi) is 5.17. The smallest absolute Gasteiger partial charge is 0.286 e. The van der Waals surface area contributed by atoms with Crippen molar-refractivity contribution in [1.82, 2.24) is 10.2 Å². The lowest BCUT2D eigenvalue weighted by Gasteiger charge is -2.22. The van der Waals surface area contributed by atoms with Gasteiger partial charge in [-0.05, 0) is 31.4 Å². The number of amides is 2. The molecule has 0 bridgehead atoms. The first kappa shape index (κ1) is 14.6. The minimum Gasteiger partial charge on any atom is -0.459 e. The largest absolute Gasteiger partial charge is 0.459 e. The zero-order valence-electron chi connectivity index (χ0n) is 11.4. The van der Waals surface area contributed by atoms with E-state index in [-0.39, 0.29) is 30.2 Å². The Morgan fingerprint density at radius 1 is 1.50 bits per heavy atom. The van der Waals surface area contributed by atoms with Crippen LogP contribution in [-0.2, 0) is 4.79 Å². The molecule has 20 heavy (non-hydrogen) atoms. The number of likely N-dealkylation sites (tertiary alicyclic amines) is 1. The highest BCUT2D eigenvalue weighted by atomic mass is 16.3. The molecule has 6 heteroatoms. The molecule has 0 saturated carbocycles. The molecule has 2 heterocycles. The van der Waals surface area contributed by atoms with Crippen LogP contribution in [0.1, 0.15) is 36.2 Å². The highest BCUT2D eigenvalue weighted by Crippen LogP contribution is 2.17. The fourth-order valence-electron chi connectivity index (χ4n) is 2.43. The average molecular weight is 280 g/mol. The van der Waals surface area contributed by atoms with Crippen LogP contribution in [-0.4, -0.2) is 47.6 Å². The van der Waals surface area contributed by atoms with E-state index in [1.807, 2.05) is 0 Å². The fourth-order valence-corrected chi connectivity index (χ4v) is 2.43. The Hall–Kier alpha value is -1.82. The number of nitrogens with one attached hydrogen (secondary N) is 1. The number of nitrogens with zero attached hydrogens (tertiary/aromatic N) is 1. The maximum atomic E-state index is 12.0. The van der Waals surface area contributed by atoms with Gasteiger partial charge in [0.05, 0.1) is 18.9 Å². The number of rotatable bonds is 6. The second-order valence-corrected chi connectivity index (χ2v) is 4.90. The van der Waals surface area contributed by atoms with Crippen molar-refractivity contribution in [3.63, 3.8) is 0 Å². The van der Waals surface area contributed by atoms with Crippen LogP contribution in [0.2, 0.25) is 0 Å². The SMILES string of the molecule is O=C(NCCCC(=O)N1CCC[C@H]1CO)c1ccco1. The molecule has 6 nitrogen and oxygen atoms in total. The third-order valence-corrected chi connectivity index (χ3v) is 3.51. The number of furan rings is 1. The summed E-state index contributed by atoms with van der Waals surface area (Å²) < 4.78 is 4.97. The summed E-state index contributed by atoms with van der Waals surface area (Å²) in [7, 11) is 0.